The van der Waals surface area contributed by atoms with Crippen LogP contribution in [0.3, 0.4) is 0 Å². The van der Waals surface area contributed by atoms with E-state index in [0.717, 1.165) is 17.1 Å². The molecule has 1 aromatic heterocycles. The Morgan fingerprint density at radius 3 is 2.64 bits per heavy atom. The van der Waals surface area contributed by atoms with Gasteiger partial charge in [-0.05, 0) is 24.6 Å². The monoisotopic (exact) mass is 348 g/mol. The molecule has 0 saturated carbocycles. The summed E-state index contributed by atoms with van der Waals surface area (Å²) >= 11 is 0. The molecule has 0 aliphatic carbocycles. The molecular formula is C17H21FN4O3. The summed E-state index contributed by atoms with van der Waals surface area (Å²) in [4.78, 5) is 26.9. The molecule has 0 spiro atoms. The number of urea groups is 1. The Hall–Kier alpha value is -2.90. The van der Waals surface area contributed by atoms with E-state index in [-0.39, 0.29) is 12.4 Å². The molecule has 2 aromatic rings. The first-order valence-corrected chi connectivity index (χ1v) is 7.83. The number of hydrogen-bond donors (Lipinski definition) is 2. The van der Waals surface area contributed by atoms with Gasteiger partial charge >= 0.3 is 12.0 Å². The molecule has 1 heterocycles. The lowest BCUT2D eigenvalue weighted by Crippen LogP contribution is -2.39. The van der Waals surface area contributed by atoms with Crippen LogP contribution in [0.25, 0.3) is 0 Å². The van der Waals surface area contributed by atoms with Crippen LogP contribution >= 0.6 is 0 Å². The van der Waals surface area contributed by atoms with Crippen molar-refractivity contribution in [3.8, 4) is 0 Å². The number of methoxy groups -OCH3 is 1. The number of carbonyl (C=O) groups excluding carboxylic acids is 2. The number of amides is 2. The predicted molar refractivity (Wildman–Crippen MR) is 89.6 cm³/mol. The lowest BCUT2D eigenvalue weighted by molar-refractivity contribution is -0.139. The Bertz CT molecular complexity index is 728. The number of ether oxygens (including phenoxy) is 1. The summed E-state index contributed by atoms with van der Waals surface area (Å²) in [5.41, 5.74) is 1.95. The lowest BCUT2D eigenvalue weighted by atomic mass is 10.2. The Kier molecular flexibility index (Phi) is 6.50. The smallest absolute Gasteiger partial charge is 0.325 e. The highest BCUT2D eigenvalue weighted by Crippen LogP contribution is 2.11. The first kappa shape index (κ1) is 18.4. The van der Waals surface area contributed by atoms with Gasteiger partial charge in [0, 0.05) is 31.4 Å². The van der Waals surface area contributed by atoms with E-state index in [9.17, 15) is 14.0 Å². The summed E-state index contributed by atoms with van der Waals surface area (Å²) < 4.78 is 19.5. The van der Waals surface area contributed by atoms with Gasteiger partial charge in [-0.15, -0.1) is 0 Å². The quantitative estimate of drug-likeness (QED) is 0.741. The second kappa shape index (κ2) is 8.81. The summed E-state index contributed by atoms with van der Waals surface area (Å²) in [5, 5.41) is 5.05. The number of rotatable bonds is 7. The van der Waals surface area contributed by atoms with Gasteiger partial charge < -0.3 is 19.9 Å². The number of benzene rings is 1. The van der Waals surface area contributed by atoms with Crippen LogP contribution in [0.1, 0.15) is 17.1 Å². The van der Waals surface area contributed by atoms with Crippen molar-refractivity contribution in [1.29, 1.82) is 0 Å². The molecule has 0 aliphatic rings. The van der Waals surface area contributed by atoms with Crippen molar-refractivity contribution in [2.45, 2.75) is 19.9 Å². The summed E-state index contributed by atoms with van der Waals surface area (Å²) in [6, 6.07) is 5.87. The molecule has 8 heteroatoms. The molecule has 0 atom stereocenters. The van der Waals surface area contributed by atoms with Crippen molar-refractivity contribution in [1.82, 2.24) is 20.2 Å². The highest BCUT2D eigenvalue weighted by Gasteiger charge is 2.09. The van der Waals surface area contributed by atoms with Crippen molar-refractivity contribution in [3.05, 3.63) is 53.4 Å². The van der Waals surface area contributed by atoms with E-state index < -0.39 is 12.0 Å². The molecule has 0 unspecified atom stereocenters. The van der Waals surface area contributed by atoms with Crippen molar-refractivity contribution in [3.63, 3.8) is 0 Å². The molecule has 2 amide bonds. The molecule has 134 valence electrons. The van der Waals surface area contributed by atoms with Crippen molar-refractivity contribution < 1.29 is 18.7 Å². The number of nitrogens with zero attached hydrogens (tertiary/aromatic N) is 2. The van der Waals surface area contributed by atoms with Crippen LogP contribution in [0.15, 0.2) is 30.5 Å². The second-order valence-corrected chi connectivity index (χ2v) is 5.46. The maximum Gasteiger partial charge on any atom is 0.325 e. The van der Waals surface area contributed by atoms with E-state index in [1.165, 1.54) is 19.2 Å². The number of esters is 1. The standard InChI is InChI=1S/C17H21FN4O3/c1-12-9-20-15(7-8-19-17(24)21-10-16(23)25-2)22(12)11-13-3-5-14(18)6-4-13/h3-6,9H,7-8,10-11H2,1-2H3,(H2,19,21,24). The highest BCUT2D eigenvalue weighted by atomic mass is 19.1. The normalized spacial score (nSPS) is 10.4. The van der Waals surface area contributed by atoms with E-state index in [0.29, 0.717) is 19.5 Å². The second-order valence-electron chi connectivity index (χ2n) is 5.46. The molecule has 1 aromatic carbocycles. The van der Waals surface area contributed by atoms with Gasteiger partial charge in [0.1, 0.15) is 18.2 Å². The molecule has 0 aliphatic heterocycles. The van der Waals surface area contributed by atoms with Crippen molar-refractivity contribution in [2.75, 3.05) is 20.2 Å². The summed E-state index contributed by atoms with van der Waals surface area (Å²) in [6.45, 7) is 2.71. The summed E-state index contributed by atoms with van der Waals surface area (Å²) in [6.07, 6.45) is 2.29. The number of halogens is 1. The van der Waals surface area contributed by atoms with E-state index in [4.69, 9.17) is 0 Å². The minimum Gasteiger partial charge on any atom is -0.468 e. The zero-order valence-electron chi connectivity index (χ0n) is 14.2. The molecule has 0 bridgehead atoms. The minimum absolute atomic E-state index is 0.180. The molecule has 0 radical (unpaired) electrons. The molecule has 2 rings (SSSR count). The largest absolute Gasteiger partial charge is 0.468 e. The Morgan fingerprint density at radius 1 is 1.24 bits per heavy atom. The zero-order valence-corrected chi connectivity index (χ0v) is 14.2. The van der Waals surface area contributed by atoms with Crippen molar-refractivity contribution in [2.24, 2.45) is 0 Å². The SMILES string of the molecule is COC(=O)CNC(=O)NCCc1ncc(C)n1Cc1ccc(F)cc1. The highest BCUT2D eigenvalue weighted by molar-refractivity contribution is 5.80. The van der Waals surface area contributed by atoms with E-state index in [2.05, 4.69) is 20.4 Å². The first-order valence-electron chi connectivity index (χ1n) is 7.83. The average Bonchev–Trinajstić information content (AvgIpc) is 2.95. The summed E-state index contributed by atoms with van der Waals surface area (Å²) in [5.74, 6) is 0.0317. The summed E-state index contributed by atoms with van der Waals surface area (Å²) in [7, 11) is 1.26. The van der Waals surface area contributed by atoms with Crippen LogP contribution in [-0.2, 0) is 22.5 Å². The fourth-order valence-electron chi connectivity index (χ4n) is 2.27. The Labute approximate surface area is 145 Å². The average molecular weight is 348 g/mol. The van der Waals surface area contributed by atoms with Gasteiger partial charge in [0.2, 0.25) is 0 Å². The number of hydrogen-bond acceptors (Lipinski definition) is 4. The lowest BCUT2D eigenvalue weighted by Gasteiger charge is -2.11. The molecule has 2 N–H and O–H groups in total. The topological polar surface area (TPSA) is 85.2 Å². The Morgan fingerprint density at radius 2 is 1.96 bits per heavy atom. The van der Waals surface area contributed by atoms with Gasteiger partial charge in [-0.25, -0.2) is 14.2 Å². The van der Waals surface area contributed by atoms with Crippen LogP contribution < -0.4 is 10.6 Å². The zero-order chi connectivity index (χ0) is 18.2. The third-order valence-electron chi connectivity index (χ3n) is 3.65. The molecule has 0 saturated heterocycles. The van der Waals surface area contributed by atoms with Crippen molar-refractivity contribution >= 4 is 12.0 Å². The fourth-order valence-corrected chi connectivity index (χ4v) is 2.27. The number of carbonyl (C=O) groups is 2. The van der Waals surface area contributed by atoms with Gasteiger partial charge in [0.15, 0.2) is 0 Å². The van der Waals surface area contributed by atoms with Crippen LogP contribution in [0.2, 0.25) is 0 Å². The fraction of sp³-hybridized carbons (Fsp3) is 0.353. The van der Waals surface area contributed by atoms with Crippen LogP contribution in [0.4, 0.5) is 9.18 Å². The first-order chi connectivity index (χ1) is 12.0. The Balaban J connectivity index is 1.87. The maximum atomic E-state index is 13.0. The van der Waals surface area contributed by atoms with Gasteiger partial charge in [-0.3, -0.25) is 4.79 Å². The minimum atomic E-state index is -0.513. The van der Waals surface area contributed by atoms with Gasteiger partial charge in [0.25, 0.3) is 0 Å². The molecular weight excluding hydrogens is 327 g/mol. The van der Waals surface area contributed by atoms with E-state index in [1.807, 2.05) is 11.5 Å². The molecule has 25 heavy (non-hydrogen) atoms. The molecule has 7 nitrogen and oxygen atoms in total. The van der Waals surface area contributed by atoms with Crippen LogP contribution in [0.5, 0.6) is 0 Å². The number of nitrogens with one attached hydrogen (secondary N) is 2. The van der Waals surface area contributed by atoms with Gasteiger partial charge in [0.05, 0.1) is 7.11 Å². The maximum absolute atomic E-state index is 13.0. The van der Waals surface area contributed by atoms with Crippen LogP contribution in [0, 0.1) is 12.7 Å². The van der Waals surface area contributed by atoms with E-state index in [1.54, 1.807) is 18.3 Å². The predicted octanol–water partition coefficient (Wildman–Crippen LogP) is 1.39. The van der Waals surface area contributed by atoms with E-state index >= 15 is 0 Å². The third kappa shape index (κ3) is 5.59. The number of aryl methyl sites for hydroxylation is 1. The third-order valence-corrected chi connectivity index (χ3v) is 3.65. The number of aromatic nitrogens is 2. The van der Waals surface area contributed by atoms with Gasteiger partial charge in [-0.1, -0.05) is 12.1 Å². The van der Waals surface area contributed by atoms with Gasteiger partial charge in [-0.2, -0.15) is 0 Å². The molecule has 0 fully saturated rings. The van der Waals surface area contributed by atoms with Crippen LogP contribution in [-0.4, -0.2) is 41.8 Å². The number of imidazole rings is 1.